The van der Waals surface area contributed by atoms with E-state index in [4.69, 9.17) is 27.9 Å². The predicted octanol–water partition coefficient (Wildman–Crippen LogP) is 5.27. The van der Waals surface area contributed by atoms with Gasteiger partial charge in [0.05, 0.1) is 28.4 Å². The summed E-state index contributed by atoms with van der Waals surface area (Å²) in [5.41, 5.74) is -0.896. The van der Waals surface area contributed by atoms with Gasteiger partial charge < -0.3 is 10.1 Å². The van der Waals surface area contributed by atoms with Crippen LogP contribution in [0, 0.1) is 0 Å². The van der Waals surface area contributed by atoms with Gasteiger partial charge in [-0.2, -0.15) is 13.2 Å². The Bertz CT molecular complexity index is 748. The normalized spacial score (nSPS) is 11.2. The summed E-state index contributed by atoms with van der Waals surface area (Å²) in [7, 11) is 1.42. The van der Waals surface area contributed by atoms with Crippen LogP contribution in [0.1, 0.15) is 15.9 Å². The van der Waals surface area contributed by atoms with E-state index in [1.807, 2.05) is 0 Å². The molecular weight excluding hydrogens is 354 g/mol. The van der Waals surface area contributed by atoms with E-state index in [0.717, 1.165) is 18.2 Å². The Balaban J connectivity index is 2.28. The van der Waals surface area contributed by atoms with E-state index in [0.29, 0.717) is 5.75 Å². The molecule has 0 heterocycles. The number of hydrogen-bond donors (Lipinski definition) is 1. The summed E-state index contributed by atoms with van der Waals surface area (Å²) in [6.07, 6.45) is -4.53. The average Bonchev–Trinajstić information content (AvgIpc) is 2.48. The molecule has 0 unspecified atom stereocenters. The van der Waals surface area contributed by atoms with Crippen molar-refractivity contribution in [2.45, 2.75) is 6.18 Å². The molecule has 8 heteroatoms. The molecule has 2 rings (SSSR count). The van der Waals surface area contributed by atoms with Crippen molar-refractivity contribution in [2.24, 2.45) is 0 Å². The highest BCUT2D eigenvalue weighted by Gasteiger charge is 2.31. The lowest BCUT2D eigenvalue weighted by Gasteiger charge is -2.12. The van der Waals surface area contributed by atoms with E-state index >= 15 is 0 Å². The van der Waals surface area contributed by atoms with Crippen molar-refractivity contribution in [2.75, 3.05) is 12.4 Å². The molecule has 0 spiro atoms. The number of ether oxygens (including phenoxy) is 1. The maximum Gasteiger partial charge on any atom is 0.416 e. The lowest BCUT2D eigenvalue weighted by atomic mass is 10.1. The maximum absolute atomic E-state index is 12.7. The standard InChI is InChI=1S/C15H10Cl2F3NO2/c1-23-13-5-2-8(6-11(13)17)14(22)21-12-7-9(15(18,19)20)3-4-10(12)16/h2-7H,1H3,(H,21,22). The van der Waals surface area contributed by atoms with Crippen LogP contribution < -0.4 is 10.1 Å². The highest BCUT2D eigenvalue weighted by Crippen LogP contribution is 2.34. The molecule has 0 radical (unpaired) electrons. The van der Waals surface area contributed by atoms with Gasteiger partial charge in [0.1, 0.15) is 5.75 Å². The van der Waals surface area contributed by atoms with Crippen molar-refractivity contribution in [3.05, 3.63) is 57.6 Å². The largest absolute Gasteiger partial charge is 0.495 e. The number of benzene rings is 2. The topological polar surface area (TPSA) is 38.3 Å². The van der Waals surface area contributed by atoms with Crippen molar-refractivity contribution in [1.29, 1.82) is 0 Å². The third-order valence-electron chi connectivity index (χ3n) is 2.96. The molecule has 0 aliphatic carbocycles. The first kappa shape index (κ1) is 17.4. The van der Waals surface area contributed by atoms with E-state index in [9.17, 15) is 18.0 Å². The number of methoxy groups -OCH3 is 1. The van der Waals surface area contributed by atoms with Gasteiger partial charge in [-0.15, -0.1) is 0 Å². The number of carbonyl (C=O) groups excluding carboxylic acids is 1. The second-order valence-electron chi connectivity index (χ2n) is 4.50. The molecule has 0 aliphatic heterocycles. The summed E-state index contributed by atoms with van der Waals surface area (Å²) in [5.74, 6) is -0.268. The van der Waals surface area contributed by atoms with Crippen LogP contribution in [-0.4, -0.2) is 13.0 Å². The van der Waals surface area contributed by atoms with Gasteiger partial charge in [-0.25, -0.2) is 0 Å². The first-order chi connectivity index (χ1) is 10.7. The molecule has 3 nitrogen and oxygen atoms in total. The zero-order valence-electron chi connectivity index (χ0n) is 11.7. The molecule has 1 amide bonds. The number of alkyl halides is 3. The number of anilines is 1. The lowest BCUT2D eigenvalue weighted by Crippen LogP contribution is -2.13. The number of halogens is 5. The Labute approximate surface area is 140 Å². The van der Waals surface area contributed by atoms with Gasteiger partial charge in [0.15, 0.2) is 0 Å². The molecule has 0 saturated carbocycles. The molecule has 0 saturated heterocycles. The SMILES string of the molecule is COc1ccc(C(=O)Nc2cc(C(F)(F)F)ccc2Cl)cc1Cl. The summed E-state index contributed by atoms with van der Waals surface area (Å²) < 4.78 is 43.1. The highest BCUT2D eigenvalue weighted by molar-refractivity contribution is 6.34. The van der Waals surface area contributed by atoms with Crippen molar-refractivity contribution < 1.29 is 22.7 Å². The second-order valence-corrected chi connectivity index (χ2v) is 5.31. The Morgan fingerprint density at radius 3 is 2.35 bits per heavy atom. The van der Waals surface area contributed by atoms with E-state index in [-0.39, 0.29) is 21.3 Å². The molecule has 0 bridgehead atoms. The van der Waals surface area contributed by atoms with Crippen molar-refractivity contribution in [3.63, 3.8) is 0 Å². The number of hydrogen-bond acceptors (Lipinski definition) is 2. The summed E-state index contributed by atoms with van der Waals surface area (Å²) in [5, 5.41) is 2.53. The van der Waals surface area contributed by atoms with Gasteiger partial charge in [-0.3, -0.25) is 4.79 Å². The quantitative estimate of drug-likeness (QED) is 0.806. The van der Waals surface area contributed by atoms with Gasteiger partial charge in [0, 0.05) is 5.56 Å². The van der Waals surface area contributed by atoms with Crippen LogP contribution in [0.4, 0.5) is 18.9 Å². The molecule has 0 aromatic heterocycles. The zero-order chi connectivity index (χ0) is 17.2. The van der Waals surface area contributed by atoms with Crippen LogP contribution in [0.15, 0.2) is 36.4 Å². The van der Waals surface area contributed by atoms with Gasteiger partial charge in [0.2, 0.25) is 0 Å². The van der Waals surface area contributed by atoms with Crippen LogP contribution in [-0.2, 0) is 6.18 Å². The first-order valence-electron chi connectivity index (χ1n) is 6.24. The number of amides is 1. The summed E-state index contributed by atoms with van der Waals surface area (Å²) in [4.78, 5) is 12.1. The third kappa shape index (κ3) is 4.09. The smallest absolute Gasteiger partial charge is 0.416 e. The van der Waals surface area contributed by atoms with E-state index in [2.05, 4.69) is 5.32 Å². The Morgan fingerprint density at radius 1 is 1.09 bits per heavy atom. The fourth-order valence-electron chi connectivity index (χ4n) is 1.80. The van der Waals surface area contributed by atoms with E-state index in [1.165, 1.54) is 25.3 Å². The van der Waals surface area contributed by atoms with Crippen molar-refractivity contribution >= 4 is 34.8 Å². The van der Waals surface area contributed by atoms with Crippen LogP contribution in [0.3, 0.4) is 0 Å². The molecule has 0 aliphatic rings. The van der Waals surface area contributed by atoms with Crippen molar-refractivity contribution in [3.8, 4) is 5.75 Å². The Kier molecular flexibility index (Phi) is 5.06. The first-order valence-corrected chi connectivity index (χ1v) is 6.99. The molecule has 0 fully saturated rings. The average molecular weight is 364 g/mol. The lowest BCUT2D eigenvalue weighted by molar-refractivity contribution is -0.137. The summed E-state index contributed by atoms with van der Waals surface area (Å²) >= 11 is 11.7. The molecule has 1 N–H and O–H groups in total. The van der Waals surface area contributed by atoms with Gasteiger partial charge in [-0.05, 0) is 36.4 Å². The minimum absolute atomic E-state index is 0.00837. The third-order valence-corrected chi connectivity index (χ3v) is 3.58. The summed E-state index contributed by atoms with van der Waals surface area (Å²) in [6.45, 7) is 0. The molecular formula is C15H10Cl2F3NO2. The molecule has 0 atom stereocenters. The Morgan fingerprint density at radius 2 is 1.78 bits per heavy atom. The minimum Gasteiger partial charge on any atom is -0.495 e. The van der Waals surface area contributed by atoms with Crippen LogP contribution in [0.25, 0.3) is 0 Å². The molecule has 122 valence electrons. The fourth-order valence-corrected chi connectivity index (χ4v) is 2.22. The van der Waals surface area contributed by atoms with Gasteiger partial charge >= 0.3 is 6.18 Å². The van der Waals surface area contributed by atoms with Crippen LogP contribution in [0.5, 0.6) is 5.75 Å². The van der Waals surface area contributed by atoms with Crippen LogP contribution in [0.2, 0.25) is 10.0 Å². The Hall–Kier alpha value is -1.92. The predicted molar refractivity (Wildman–Crippen MR) is 82.4 cm³/mol. The van der Waals surface area contributed by atoms with Gasteiger partial charge in [0.25, 0.3) is 5.91 Å². The number of rotatable bonds is 3. The van der Waals surface area contributed by atoms with Gasteiger partial charge in [-0.1, -0.05) is 23.2 Å². The minimum atomic E-state index is -4.53. The number of carbonyl (C=O) groups is 1. The van der Waals surface area contributed by atoms with Crippen molar-refractivity contribution in [1.82, 2.24) is 0 Å². The van der Waals surface area contributed by atoms with E-state index < -0.39 is 17.6 Å². The molecule has 2 aromatic rings. The van der Waals surface area contributed by atoms with E-state index in [1.54, 1.807) is 0 Å². The zero-order valence-corrected chi connectivity index (χ0v) is 13.2. The molecule has 2 aromatic carbocycles. The summed E-state index contributed by atoms with van der Waals surface area (Å²) in [6, 6.07) is 6.93. The monoisotopic (exact) mass is 363 g/mol. The highest BCUT2D eigenvalue weighted by atomic mass is 35.5. The fraction of sp³-hybridized carbons (Fsp3) is 0.133. The number of nitrogens with one attached hydrogen (secondary N) is 1. The van der Waals surface area contributed by atoms with Crippen LogP contribution >= 0.6 is 23.2 Å². The molecule has 23 heavy (non-hydrogen) atoms. The maximum atomic E-state index is 12.7. The second kappa shape index (κ2) is 6.68.